The number of aromatic nitrogens is 1. The Hall–Kier alpha value is -1.69. The first-order valence-electron chi connectivity index (χ1n) is 7.97. The number of ether oxygens (including phenoxy) is 1. The molecule has 1 aromatic carbocycles. The van der Waals surface area contributed by atoms with Gasteiger partial charge in [0.1, 0.15) is 10.8 Å². The summed E-state index contributed by atoms with van der Waals surface area (Å²) in [6.45, 7) is 5.10. The highest BCUT2D eigenvalue weighted by molar-refractivity contribution is 7.10. The second kappa shape index (κ2) is 7.92. The van der Waals surface area contributed by atoms with E-state index in [2.05, 4.69) is 53.8 Å². The Balaban J connectivity index is 1.75. The average molecular weight is 359 g/mol. The zero-order valence-electron chi connectivity index (χ0n) is 14.2. The fourth-order valence-corrected chi connectivity index (χ4v) is 4.25. The van der Waals surface area contributed by atoms with Crippen LogP contribution < -0.4 is 10.1 Å². The number of methoxy groups -OCH3 is 1. The van der Waals surface area contributed by atoms with Crippen LogP contribution in [0.3, 0.4) is 0 Å². The number of hydrogen-bond acceptors (Lipinski definition) is 5. The van der Waals surface area contributed by atoms with E-state index in [-0.39, 0.29) is 6.04 Å². The summed E-state index contributed by atoms with van der Waals surface area (Å²) < 4.78 is 5.41. The van der Waals surface area contributed by atoms with Crippen molar-refractivity contribution in [3.05, 3.63) is 67.8 Å². The third-order valence-electron chi connectivity index (χ3n) is 4.34. The molecule has 3 rings (SSSR count). The van der Waals surface area contributed by atoms with Gasteiger partial charge >= 0.3 is 0 Å². The molecule has 126 valence electrons. The third-order valence-corrected chi connectivity index (χ3v) is 6.13. The summed E-state index contributed by atoms with van der Waals surface area (Å²) in [5, 5.41) is 9.01. The molecule has 0 aliphatic heterocycles. The molecule has 0 spiro atoms. The molecule has 0 bridgehead atoms. The van der Waals surface area contributed by atoms with Crippen LogP contribution >= 0.6 is 22.7 Å². The van der Waals surface area contributed by atoms with Gasteiger partial charge in [0.15, 0.2) is 0 Å². The third kappa shape index (κ3) is 3.86. The first kappa shape index (κ1) is 17.1. The van der Waals surface area contributed by atoms with E-state index in [4.69, 9.17) is 4.74 Å². The van der Waals surface area contributed by atoms with Crippen molar-refractivity contribution in [1.82, 2.24) is 10.3 Å². The standard InChI is InChI=1S/C19H22N2OS2/c1-13-14(2)18(22-3)7-6-15(13)12-21-17(19-20-8-10-24-19)11-16-5-4-9-23-16/h4-10,17,21H,11-12H2,1-3H3. The van der Waals surface area contributed by atoms with Crippen LogP contribution in [-0.2, 0) is 13.0 Å². The quantitative estimate of drug-likeness (QED) is 0.652. The number of hydrogen-bond donors (Lipinski definition) is 1. The van der Waals surface area contributed by atoms with Crippen LogP contribution in [0.25, 0.3) is 0 Å². The Kier molecular flexibility index (Phi) is 5.66. The maximum atomic E-state index is 5.41. The van der Waals surface area contributed by atoms with Gasteiger partial charge in [-0.3, -0.25) is 0 Å². The lowest BCUT2D eigenvalue weighted by atomic mass is 10.0. The first-order chi connectivity index (χ1) is 11.7. The van der Waals surface area contributed by atoms with Crippen LogP contribution in [0, 0.1) is 13.8 Å². The second-order valence-corrected chi connectivity index (χ2v) is 7.72. The predicted molar refractivity (Wildman–Crippen MR) is 102 cm³/mol. The zero-order chi connectivity index (χ0) is 16.9. The molecule has 0 saturated heterocycles. The van der Waals surface area contributed by atoms with E-state index in [1.54, 1.807) is 29.8 Å². The topological polar surface area (TPSA) is 34.1 Å². The number of nitrogens with zero attached hydrogens (tertiary/aromatic N) is 1. The number of nitrogens with one attached hydrogen (secondary N) is 1. The minimum absolute atomic E-state index is 0.241. The molecule has 2 heterocycles. The molecule has 1 atom stereocenters. The highest BCUT2D eigenvalue weighted by Gasteiger charge is 2.16. The lowest BCUT2D eigenvalue weighted by Crippen LogP contribution is -2.23. The smallest absolute Gasteiger partial charge is 0.122 e. The van der Waals surface area contributed by atoms with Crippen LogP contribution in [0.15, 0.2) is 41.2 Å². The molecule has 0 fully saturated rings. The van der Waals surface area contributed by atoms with Crippen molar-refractivity contribution in [2.45, 2.75) is 32.9 Å². The van der Waals surface area contributed by atoms with Gasteiger partial charge in [-0.2, -0.15) is 0 Å². The van der Waals surface area contributed by atoms with Gasteiger partial charge in [-0.1, -0.05) is 12.1 Å². The lowest BCUT2D eigenvalue weighted by Gasteiger charge is -2.18. The highest BCUT2D eigenvalue weighted by atomic mass is 32.1. The largest absolute Gasteiger partial charge is 0.496 e. The Morgan fingerprint density at radius 1 is 1.12 bits per heavy atom. The van der Waals surface area contributed by atoms with Gasteiger partial charge in [-0.15, -0.1) is 22.7 Å². The minimum Gasteiger partial charge on any atom is -0.496 e. The molecular formula is C19H22N2OS2. The molecule has 24 heavy (non-hydrogen) atoms. The van der Waals surface area contributed by atoms with Gasteiger partial charge in [-0.25, -0.2) is 4.98 Å². The van der Waals surface area contributed by atoms with Crippen molar-refractivity contribution in [2.75, 3.05) is 7.11 Å². The van der Waals surface area contributed by atoms with Gasteiger partial charge < -0.3 is 10.1 Å². The minimum atomic E-state index is 0.241. The lowest BCUT2D eigenvalue weighted by molar-refractivity contribution is 0.411. The molecule has 0 radical (unpaired) electrons. The summed E-state index contributed by atoms with van der Waals surface area (Å²) >= 11 is 3.51. The predicted octanol–water partition coefficient (Wildman–Crippen LogP) is 4.90. The molecule has 0 aliphatic rings. The normalized spacial score (nSPS) is 12.3. The monoisotopic (exact) mass is 358 g/mol. The summed E-state index contributed by atoms with van der Waals surface area (Å²) in [4.78, 5) is 5.90. The molecule has 3 aromatic rings. The van der Waals surface area contributed by atoms with Crippen LogP contribution in [0.2, 0.25) is 0 Å². The van der Waals surface area contributed by atoms with Crippen LogP contribution in [-0.4, -0.2) is 12.1 Å². The van der Waals surface area contributed by atoms with Gasteiger partial charge in [-0.05, 0) is 48.1 Å². The SMILES string of the molecule is COc1ccc(CNC(Cc2cccs2)c2nccs2)c(C)c1C. The van der Waals surface area contributed by atoms with Gasteiger partial charge in [0.05, 0.1) is 13.2 Å². The van der Waals surface area contributed by atoms with E-state index in [0.29, 0.717) is 0 Å². The zero-order valence-corrected chi connectivity index (χ0v) is 15.8. The maximum Gasteiger partial charge on any atom is 0.122 e. The Bertz CT molecular complexity index is 767. The Morgan fingerprint density at radius 3 is 2.67 bits per heavy atom. The highest BCUT2D eigenvalue weighted by Crippen LogP contribution is 2.26. The van der Waals surface area contributed by atoms with Crippen molar-refractivity contribution in [2.24, 2.45) is 0 Å². The molecular weight excluding hydrogens is 336 g/mol. The van der Waals surface area contributed by atoms with Crippen molar-refractivity contribution < 1.29 is 4.74 Å². The van der Waals surface area contributed by atoms with E-state index in [1.807, 2.05) is 11.6 Å². The molecule has 3 nitrogen and oxygen atoms in total. The Labute approximate surface area is 151 Å². The van der Waals surface area contributed by atoms with E-state index in [9.17, 15) is 0 Å². The van der Waals surface area contributed by atoms with E-state index < -0.39 is 0 Å². The van der Waals surface area contributed by atoms with Crippen LogP contribution in [0.5, 0.6) is 5.75 Å². The van der Waals surface area contributed by atoms with E-state index in [0.717, 1.165) is 23.7 Å². The number of rotatable bonds is 7. The summed E-state index contributed by atoms with van der Waals surface area (Å²) in [7, 11) is 1.72. The number of thiophene rings is 1. The molecule has 1 unspecified atom stereocenters. The molecule has 5 heteroatoms. The maximum absolute atomic E-state index is 5.41. The Morgan fingerprint density at radius 2 is 2.00 bits per heavy atom. The van der Waals surface area contributed by atoms with Gasteiger partial charge in [0.25, 0.3) is 0 Å². The molecule has 2 aromatic heterocycles. The van der Waals surface area contributed by atoms with Crippen molar-refractivity contribution in [1.29, 1.82) is 0 Å². The van der Waals surface area contributed by atoms with Crippen molar-refractivity contribution >= 4 is 22.7 Å². The summed E-state index contributed by atoms with van der Waals surface area (Å²) in [5.41, 5.74) is 3.80. The van der Waals surface area contributed by atoms with Crippen LogP contribution in [0.1, 0.15) is 32.6 Å². The number of thiazole rings is 1. The van der Waals surface area contributed by atoms with E-state index >= 15 is 0 Å². The molecule has 0 amide bonds. The summed E-state index contributed by atoms with van der Waals surface area (Å²) in [5.74, 6) is 0.950. The number of benzene rings is 1. The summed E-state index contributed by atoms with van der Waals surface area (Å²) in [6.07, 6.45) is 2.85. The average Bonchev–Trinajstić information content (AvgIpc) is 3.28. The first-order valence-corrected chi connectivity index (χ1v) is 9.73. The fraction of sp³-hybridized carbons (Fsp3) is 0.316. The molecule has 0 aliphatic carbocycles. The van der Waals surface area contributed by atoms with Gasteiger partial charge in [0.2, 0.25) is 0 Å². The molecule has 0 saturated carbocycles. The van der Waals surface area contributed by atoms with Crippen molar-refractivity contribution in [3.63, 3.8) is 0 Å². The van der Waals surface area contributed by atoms with Gasteiger partial charge in [0, 0.05) is 29.4 Å². The second-order valence-electron chi connectivity index (χ2n) is 5.76. The van der Waals surface area contributed by atoms with Crippen molar-refractivity contribution in [3.8, 4) is 5.75 Å². The fourth-order valence-electron chi connectivity index (χ4n) is 2.78. The van der Waals surface area contributed by atoms with Crippen LogP contribution in [0.4, 0.5) is 0 Å². The van der Waals surface area contributed by atoms with E-state index in [1.165, 1.54) is 21.6 Å². The summed E-state index contributed by atoms with van der Waals surface area (Å²) in [6, 6.07) is 8.74. The molecule has 1 N–H and O–H groups in total.